The molecule has 1 aliphatic heterocycles. The number of hydrogen-bond acceptors (Lipinski definition) is 2. The molecule has 5 unspecified atom stereocenters. The number of amides is 1. The van der Waals surface area contributed by atoms with Crippen molar-refractivity contribution < 1.29 is 4.79 Å². The topological polar surface area (TPSA) is 41.1 Å². The number of rotatable bonds is 4. The van der Waals surface area contributed by atoms with Crippen molar-refractivity contribution in [2.45, 2.75) is 65.5 Å². The normalized spacial score (nSPS) is 38.3. The van der Waals surface area contributed by atoms with Crippen LogP contribution in [0.15, 0.2) is 0 Å². The minimum absolute atomic E-state index is 0.253. The zero-order chi connectivity index (χ0) is 14.0. The van der Waals surface area contributed by atoms with E-state index in [1.807, 2.05) is 0 Å². The van der Waals surface area contributed by atoms with Gasteiger partial charge in [0.25, 0.3) is 0 Å². The molecular weight excluding hydrogens is 236 g/mol. The van der Waals surface area contributed by atoms with Crippen molar-refractivity contribution in [3.8, 4) is 0 Å². The highest BCUT2D eigenvalue weighted by molar-refractivity contribution is 5.78. The molecule has 0 radical (unpaired) electrons. The third-order valence-corrected chi connectivity index (χ3v) is 5.23. The van der Waals surface area contributed by atoms with Crippen LogP contribution in [-0.2, 0) is 4.79 Å². The highest BCUT2D eigenvalue weighted by Crippen LogP contribution is 2.39. The van der Waals surface area contributed by atoms with E-state index >= 15 is 0 Å². The standard InChI is InChI=1S/C16H30N2O/c1-10(2)7-8-17-16(19)13-5-6-15-14(9-13)11(3)12(4)18-15/h10-15,18H,5-9H2,1-4H3,(H,17,19). The third-order valence-electron chi connectivity index (χ3n) is 5.23. The summed E-state index contributed by atoms with van der Waals surface area (Å²) in [6.07, 6.45) is 4.39. The molecule has 1 heterocycles. The quantitative estimate of drug-likeness (QED) is 0.821. The van der Waals surface area contributed by atoms with Crippen LogP contribution >= 0.6 is 0 Å². The summed E-state index contributed by atoms with van der Waals surface area (Å²) in [5.74, 6) is 2.62. The summed E-state index contributed by atoms with van der Waals surface area (Å²) in [6, 6.07) is 1.27. The third kappa shape index (κ3) is 3.50. The lowest BCUT2D eigenvalue weighted by atomic mass is 9.74. The zero-order valence-corrected chi connectivity index (χ0v) is 12.9. The van der Waals surface area contributed by atoms with Gasteiger partial charge < -0.3 is 10.6 Å². The molecule has 3 nitrogen and oxygen atoms in total. The van der Waals surface area contributed by atoms with Crippen LogP contribution in [0.1, 0.15) is 53.4 Å². The number of fused-ring (bicyclic) bond motifs is 1. The predicted molar refractivity (Wildman–Crippen MR) is 78.8 cm³/mol. The lowest BCUT2D eigenvalue weighted by molar-refractivity contribution is -0.126. The van der Waals surface area contributed by atoms with E-state index < -0.39 is 0 Å². The summed E-state index contributed by atoms with van der Waals surface area (Å²) in [4.78, 5) is 12.2. The molecule has 2 aliphatic rings. The lowest BCUT2D eigenvalue weighted by Gasteiger charge is -2.32. The largest absolute Gasteiger partial charge is 0.356 e. The number of carbonyl (C=O) groups excluding carboxylic acids is 1. The van der Waals surface area contributed by atoms with Crippen molar-refractivity contribution in [2.75, 3.05) is 6.54 Å². The van der Waals surface area contributed by atoms with Gasteiger partial charge in [-0.25, -0.2) is 0 Å². The molecule has 1 saturated heterocycles. The van der Waals surface area contributed by atoms with Crippen LogP contribution < -0.4 is 10.6 Å². The molecule has 5 atom stereocenters. The van der Waals surface area contributed by atoms with Crippen LogP contribution in [0.5, 0.6) is 0 Å². The van der Waals surface area contributed by atoms with Crippen LogP contribution in [0.3, 0.4) is 0 Å². The Hall–Kier alpha value is -0.570. The molecule has 1 amide bonds. The lowest BCUT2D eigenvalue weighted by Crippen LogP contribution is -2.40. The molecule has 0 aromatic carbocycles. The maximum Gasteiger partial charge on any atom is 0.223 e. The van der Waals surface area contributed by atoms with E-state index in [0.29, 0.717) is 35.7 Å². The van der Waals surface area contributed by atoms with Crippen molar-refractivity contribution in [3.63, 3.8) is 0 Å². The SMILES string of the molecule is CC(C)CCNC(=O)C1CCC2NC(C)C(C)C2C1. The summed E-state index contributed by atoms with van der Waals surface area (Å²) in [6.45, 7) is 9.85. The Morgan fingerprint density at radius 1 is 1.32 bits per heavy atom. The van der Waals surface area contributed by atoms with Gasteiger partial charge in [0.1, 0.15) is 0 Å². The van der Waals surface area contributed by atoms with E-state index in [1.54, 1.807) is 0 Å². The molecule has 1 saturated carbocycles. The summed E-state index contributed by atoms with van der Waals surface area (Å²) < 4.78 is 0. The Kier molecular flexibility index (Phi) is 4.88. The molecule has 2 N–H and O–H groups in total. The first kappa shape index (κ1) is 14.8. The smallest absolute Gasteiger partial charge is 0.223 e. The Balaban J connectivity index is 1.81. The first-order chi connectivity index (χ1) is 8.99. The fourth-order valence-electron chi connectivity index (χ4n) is 3.72. The van der Waals surface area contributed by atoms with Gasteiger partial charge in [0, 0.05) is 24.5 Å². The molecule has 1 aliphatic carbocycles. The molecule has 0 aromatic heterocycles. The van der Waals surface area contributed by atoms with Crippen LogP contribution in [0, 0.1) is 23.7 Å². The summed E-state index contributed by atoms with van der Waals surface area (Å²) in [7, 11) is 0. The summed E-state index contributed by atoms with van der Waals surface area (Å²) in [5.41, 5.74) is 0. The molecule has 0 spiro atoms. The van der Waals surface area contributed by atoms with Crippen molar-refractivity contribution in [1.82, 2.24) is 10.6 Å². The van der Waals surface area contributed by atoms with Gasteiger partial charge >= 0.3 is 0 Å². The molecule has 19 heavy (non-hydrogen) atoms. The second-order valence-corrected chi connectivity index (χ2v) is 7.07. The fraction of sp³-hybridized carbons (Fsp3) is 0.938. The molecule has 2 fully saturated rings. The first-order valence-corrected chi connectivity index (χ1v) is 8.02. The Morgan fingerprint density at radius 3 is 2.74 bits per heavy atom. The van der Waals surface area contributed by atoms with Gasteiger partial charge in [-0.05, 0) is 50.4 Å². The second kappa shape index (κ2) is 6.25. The van der Waals surface area contributed by atoms with Gasteiger partial charge in [-0.1, -0.05) is 20.8 Å². The molecule has 2 rings (SSSR count). The minimum Gasteiger partial charge on any atom is -0.356 e. The number of nitrogens with one attached hydrogen (secondary N) is 2. The van der Waals surface area contributed by atoms with E-state index in [2.05, 4.69) is 38.3 Å². The van der Waals surface area contributed by atoms with E-state index in [0.717, 1.165) is 25.8 Å². The Morgan fingerprint density at radius 2 is 2.05 bits per heavy atom. The average Bonchev–Trinajstić information content (AvgIpc) is 2.64. The molecule has 3 heteroatoms. The highest BCUT2D eigenvalue weighted by Gasteiger charge is 2.43. The van der Waals surface area contributed by atoms with E-state index in [-0.39, 0.29) is 5.92 Å². The fourth-order valence-corrected chi connectivity index (χ4v) is 3.72. The monoisotopic (exact) mass is 266 g/mol. The van der Waals surface area contributed by atoms with Gasteiger partial charge in [-0.2, -0.15) is 0 Å². The maximum atomic E-state index is 12.2. The highest BCUT2D eigenvalue weighted by atomic mass is 16.1. The van der Waals surface area contributed by atoms with Crippen LogP contribution in [0.25, 0.3) is 0 Å². The summed E-state index contributed by atoms with van der Waals surface area (Å²) in [5, 5.41) is 6.82. The van der Waals surface area contributed by atoms with Gasteiger partial charge in [-0.3, -0.25) is 4.79 Å². The molecule has 0 aromatic rings. The van der Waals surface area contributed by atoms with Crippen molar-refractivity contribution in [1.29, 1.82) is 0 Å². The molecule has 110 valence electrons. The van der Waals surface area contributed by atoms with Crippen LogP contribution in [-0.4, -0.2) is 24.5 Å². The number of carbonyl (C=O) groups is 1. The van der Waals surface area contributed by atoms with Gasteiger partial charge in [-0.15, -0.1) is 0 Å². The Labute approximate surface area is 117 Å². The van der Waals surface area contributed by atoms with Crippen molar-refractivity contribution >= 4 is 5.91 Å². The van der Waals surface area contributed by atoms with E-state index in [4.69, 9.17) is 0 Å². The van der Waals surface area contributed by atoms with E-state index in [1.165, 1.54) is 6.42 Å². The Bertz CT molecular complexity index is 316. The zero-order valence-electron chi connectivity index (χ0n) is 12.9. The van der Waals surface area contributed by atoms with Crippen LogP contribution in [0.4, 0.5) is 0 Å². The van der Waals surface area contributed by atoms with Crippen molar-refractivity contribution in [3.05, 3.63) is 0 Å². The van der Waals surface area contributed by atoms with E-state index in [9.17, 15) is 4.79 Å². The minimum atomic E-state index is 0.253. The summed E-state index contributed by atoms with van der Waals surface area (Å²) >= 11 is 0. The van der Waals surface area contributed by atoms with Crippen LogP contribution in [0.2, 0.25) is 0 Å². The predicted octanol–water partition coefficient (Wildman–Crippen LogP) is 2.56. The molecule has 0 bridgehead atoms. The average molecular weight is 266 g/mol. The number of hydrogen-bond donors (Lipinski definition) is 2. The van der Waals surface area contributed by atoms with Gasteiger partial charge in [0.05, 0.1) is 0 Å². The second-order valence-electron chi connectivity index (χ2n) is 7.07. The maximum absolute atomic E-state index is 12.2. The van der Waals surface area contributed by atoms with Gasteiger partial charge in [0.15, 0.2) is 0 Å². The van der Waals surface area contributed by atoms with Gasteiger partial charge in [0.2, 0.25) is 5.91 Å². The molecular formula is C16H30N2O. The van der Waals surface area contributed by atoms with Crippen molar-refractivity contribution in [2.24, 2.45) is 23.7 Å². The first-order valence-electron chi connectivity index (χ1n) is 8.02.